The molecule has 0 aliphatic heterocycles. The van der Waals surface area contributed by atoms with Crippen LogP contribution in [0.5, 0.6) is 0 Å². The van der Waals surface area contributed by atoms with Gasteiger partial charge in [-0.15, -0.1) is 0 Å². The fourth-order valence-electron chi connectivity index (χ4n) is 1.10. The number of nitrogens with two attached hydrogens (primary N) is 1. The van der Waals surface area contributed by atoms with Crippen LogP contribution in [0.15, 0.2) is 12.4 Å². The molecule has 2 N–H and O–H groups in total. The average molecular weight is 223 g/mol. The van der Waals surface area contributed by atoms with Crippen LogP contribution in [0.4, 0.5) is 5.82 Å². The number of carbonyl (C=O) groups excluding carboxylic acids is 1. The van der Waals surface area contributed by atoms with Crippen molar-refractivity contribution in [3.05, 3.63) is 18.1 Å². The molecular formula is C10H17N5O. The van der Waals surface area contributed by atoms with Crippen molar-refractivity contribution >= 4 is 11.7 Å². The third-order valence-corrected chi connectivity index (χ3v) is 2.12. The SMILES string of the molecule is CN(C)CCN(C)C(=O)c1cnc(N)cn1. The molecule has 6 heteroatoms. The standard InChI is InChI=1S/C10H17N5O/c1-14(2)4-5-15(3)10(16)8-6-13-9(11)7-12-8/h6-7H,4-5H2,1-3H3,(H2,11,13). The van der Waals surface area contributed by atoms with Crippen LogP contribution < -0.4 is 5.73 Å². The number of likely N-dealkylation sites (N-methyl/N-ethyl adjacent to an activating group) is 2. The van der Waals surface area contributed by atoms with E-state index in [4.69, 9.17) is 5.73 Å². The molecule has 1 heterocycles. The van der Waals surface area contributed by atoms with Gasteiger partial charge in [0.15, 0.2) is 0 Å². The number of rotatable bonds is 4. The summed E-state index contributed by atoms with van der Waals surface area (Å²) in [4.78, 5) is 23.2. The van der Waals surface area contributed by atoms with Crippen LogP contribution in [-0.2, 0) is 0 Å². The summed E-state index contributed by atoms with van der Waals surface area (Å²) >= 11 is 0. The number of carbonyl (C=O) groups is 1. The Bertz CT molecular complexity index is 349. The molecular weight excluding hydrogens is 206 g/mol. The second-order valence-electron chi connectivity index (χ2n) is 3.86. The smallest absolute Gasteiger partial charge is 0.273 e. The van der Waals surface area contributed by atoms with Crippen molar-refractivity contribution in [2.75, 3.05) is 40.0 Å². The Morgan fingerprint density at radius 1 is 1.25 bits per heavy atom. The molecule has 16 heavy (non-hydrogen) atoms. The van der Waals surface area contributed by atoms with E-state index in [0.717, 1.165) is 6.54 Å². The highest BCUT2D eigenvalue weighted by Gasteiger charge is 2.13. The molecule has 1 amide bonds. The second-order valence-corrected chi connectivity index (χ2v) is 3.86. The molecule has 0 aromatic carbocycles. The maximum absolute atomic E-state index is 11.8. The Morgan fingerprint density at radius 3 is 2.44 bits per heavy atom. The molecule has 0 radical (unpaired) electrons. The highest BCUT2D eigenvalue weighted by molar-refractivity contribution is 5.91. The molecule has 0 aliphatic rings. The number of anilines is 1. The molecule has 0 aliphatic carbocycles. The molecule has 1 rings (SSSR count). The molecule has 88 valence electrons. The Labute approximate surface area is 95.1 Å². The third-order valence-electron chi connectivity index (χ3n) is 2.12. The summed E-state index contributed by atoms with van der Waals surface area (Å²) in [6.45, 7) is 1.46. The fraction of sp³-hybridized carbons (Fsp3) is 0.500. The number of amides is 1. The van der Waals surface area contributed by atoms with Gasteiger partial charge in [0.2, 0.25) is 0 Å². The summed E-state index contributed by atoms with van der Waals surface area (Å²) in [7, 11) is 5.66. The summed E-state index contributed by atoms with van der Waals surface area (Å²) in [6, 6.07) is 0. The van der Waals surface area contributed by atoms with Gasteiger partial charge >= 0.3 is 0 Å². The van der Waals surface area contributed by atoms with Gasteiger partial charge in [-0.3, -0.25) is 4.79 Å². The van der Waals surface area contributed by atoms with Gasteiger partial charge in [-0.25, -0.2) is 9.97 Å². The lowest BCUT2D eigenvalue weighted by atomic mass is 10.3. The molecule has 0 saturated heterocycles. The first-order chi connectivity index (χ1) is 7.50. The van der Waals surface area contributed by atoms with Crippen molar-refractivity contribution in [2.45, 2.75) is 0 Å². The minimum Gasteiger partial charge on any atom is -0.382 e. The highest BCUT2D eigenvalue weighted by Crippen LogP contribution is 2.00. The molecule has 0 atom stereocenters. The highest BCUT2D eigenvalue weighted by atomic mass is 16.2. The van der Waals surface area contributed by atoms with E-state index in [1.54, 1.807) is 11.9 Å². The van der Waals surface area contributed by atoms with E-state index in [1.807, 2.05) is 19.0 Å². The van der Waals surface area contributed by atoms with E-state index in [0.29, 0.717) is 18.1 Å². The molecule has 0 bridgehead atoms. The van der Waals surface area contributed by atoms with E-state index >= 15 is 0 Å². The Kier molecular flexibility index (Phi) is 4.19. The van der Waals surface area contributed by atoms with Crippen LogP contribution in [0.25, 0.3) is 0 Å². The summed E-state index contributed by atoms with van der Waals surface area (Å²) < 4.78 is 0. The average Bonchev–Trinajstić information content (AvgIpc) is 2.26. The minimum atomic E-state index is -0.144. The zero-order valence-electron chi connectivity index (χ0n) is 9.84. The fourth-order valence-corrected chi connectivity index (χ4v) is 1.10. The molecule has 1 aromatic rings. The number of hydrogen-bond acceptors (Lipinski definition) is 5. The van der Waals surface area contributed by atoms with Gasteiger partial charge in [0.1, 0.15) is 11.5 Å². The first kappa shape index (κ1) is 12.4. The predicted octanol–water partition coefficient (Wildman–Crippen LogP) is -0.308. The van der Waals surface area contributed by atoms with Gasteiger partial charge in [0.25, 0.3) is 5.91 Å². The van der Waals surface area contributed by atoms with Crippen LogP contribution in [-0.4, -0.2) is 59.9 Å². The van der Waals surface area contributed by atoms with Crippen molar-refractivity contribution < 1.29 is 4.79 Å². The topological polar surface area (TPSA) is 75.3 Å². The maximum Gasteiger partial charge on any atom is 0.273 e. The Morgan fingerprint density at radius 2 is 1.94 bits per heavy atom. The van der Waals surface area contributed by atoms with Crippen LogP contribution in [0.3, 0.4) is 0 Å². The van der Waals surface area contributed by atoms with Gasteiger partial charge in [-0.05, 0) is 14.1 Å². The van der Waals surface area contributed by atoms with E-state index in [1.165, 1.54) is 12.4 Å². The Balaban J connectivity index is 2.60. The van der Waals surface area contributed by atoms with Crippen molar-refractivity contribution in [3.8, 4) is 0 Å². The molecule has 0 fully saturated rings. The number of aromatic nitrogens is 2. The molecule has 0 unspecified atom stereocenters. The molecule has 1 aromatic heterocycles. The van der Waals surface area contributed by atoms with Gasteiger partial charge in [0, 0.05) is 20.1 Å². The lowest BCUT2D eigenvalue weighted by Crippen LogP contribution is -2.34. The summed E-state index contributed by atoms with van der Waals surface area (Å²) in [5.41, 5.74) is 5.71. The van der Waals surface area contributed by atoms with Crippen LogP contribution in [0, 0.1) is 0 Å². The normalized spacial score (nSPS) is 10.5. The summed E-state index contributed by atoms with van der Waals surface area (Å²) in [5, 5.41) is 0. The zero-order valence-corrected chi connectivity index (χ0v) is 9.84. The summed E-state index contributed by atoms with van der Waals surface area (Å²) in [6.07, 6.45) is 2.77. The summed E-state index contributed by atoms with van der Waals surface area (Å²) in [5.74, 6) is 0.168. The number of hydrogen-bond donors (Lipinski definition) is 1. The number of nitrogen functional groups attached to an aromatic ring is 1. The lowest BCUT2D eigenvalue weighted by Gasteiger charge is -2.18. The van der Waals surface area contributed by atoms with Crippen molar-refractivity contribution in [1.29, 1.82) is 0 Å². The lowest BCUT2D eigenvalue weighted by molar-refractivity contribution is 0.0780. The quantitative estimate of drug-likeness (QED) is 0.758. The maximum atomic E-state index is 11.8. The minimum absolute atomic E-state index is 0.144. The van der Waals surface area contributed by atoms with Crippen LogP contribution >= 0.6 is 0 Å². The largest absolute Gasteiger partial charge is 0.382 e. The third kappa shape index (κ3) is 3.47. The second kappa shape index (κ2) is 5.41. The van der Waals surface area contributed by atoms with Gasteiger partial charge in [-0.1, -0.05) is 0 Å². The van der Waals surface area contributed by atoms with Crippen molar-refractivity contribution in [3.63, 3.8) is 0 Å². The predicted molar refractivity (Wildman–Crippen MR) is 62.0 cm³/mol. The van der Waals surface area contributed by atoms with E-state index in [9.17, 15) is 4.79 Å². The van der Waals surface area contributed by atoms with Gasteiger partial charge in [0.05, 0.1) is 12.4 Å². The first-order valence-corrected chi connectivity index (χ1v) is 4.98. The van der Waals surface area contributed by atoms with Crippen LogP contribution in [0.2, 0.25) is 0 Å². The van der Waals surface area contributed by atoms with Gasteiger partial charge in [-0.2, -0.15) is 0 Å². The molecule has 6 nitrogen and oxygen atoms in total. The molecule has 0 saturated carbocycles. The first-order valence-electron chi connectivity index (χ1n) is 4.98. The van der Waals surface area contributed by atoms with E-state index in [2.05, 4.69) is 9.97 Å². The van der Waals surface area contributed by atoms with Gasteiger partial charge < -0.3 is 15.5 Å². The number of nitrogens with zero attached hydrogens (tertiary/aromatic N) is 4. The Hall–Kier alpha value is -1.69. The molecule has 0 spiro atoms. The van der Waals surface area contributed by atoms with Crippen LogP contribution in [0.1, 0.15) is 10.5 Å². The van der Waals surface area contributed by atoms with E-state index in [-0.39, 0.29) is 5.91 Å². The van der Waals surface area contributed by atoms with E-state index < -0.39 is 0 Å². The monoisotopic (exact) mass is 223 g/mol. The van der Waals surface area contributed by atoms with Crippen molar-refractivity contribution in [1.82, 2.24) is 19.8 Å². The zero-order chi connectivity index (χ0) is 12.1. The van der Waals surface area contributed by atoms with Crippen molar-refractivity contribution in [2.24, 2.45) is 0 Å².